The summed E-state index contributed by atoms with van der Waals surface area (Å²) in [6.45, 7) is 2.19. The van der Waals surface area contributed by atoms with Crippen LogP contribution in [0, 0.1) is 11.8 Å². The van der Waals surface area contributed by atoms with Gasteiger partial charge in [0, 0.05) is 12.3 Å². The Labute approximate surface area is 104 Å². The van der Waals surface area contributed by atoms with Gasteiger partial charge in [-0.25, -0.2) is 0 Å². The lowest BCUT2D eigenvalue weighted by atomic mass is 9.90. The van der Waals surface area contributed by atoms with Crippen molar-refractivity contribution in [2.45, 2.75) is 58.3 Å². The summed E-state index contributed by atoms with van der Waals surface area (Å²) in [4.78, 5) is 23.2. The Bertz CT molecular complexity index is 260. The number of unbranched alkanes of at least 4 members (excludes halogenated alkanes) is 4. The molecule has 17 heavy (non-hydrogen) atoms. The minimum Gasteiger partial charge on any atom is -0.469 e. The van der Waals surface area contributed by atoms with E-state index in [4.69, 9.17) is 4.74 Å². The molecule has 3 nitrogen and oxygen atoms in total. The van der Waals surface area contributed by atoms with Crippen molar-refractivity contribution in [3.8, 4) is 0 Å². The van der Waals surface area contributed by atoms with Gasteiger partial charge in [-0.05, 0) is 12.8 Å². The first kappa shape index (κ1) is 14.2. The topological polar surface area (TPSA) is 43.4 Å². The lowest BCUT2D eigenvalue weighted by Crippen LogP contribution is -2.23. The molecule has 0 radical (unpaired) electrons. The molecule has 2 unspecified atom stereocenters. The van der Waals surface area contributed by atoms with Gasteiger partial charge in [0.15, 0.2) is 0 Å². The molecule has 0 aliphatic heterocycles. The Morgan fingerprint density at radius 1 is 1.29 bits per heavy atom. The fraction of sp³-hybridized carbons (Fsp3) is 0.857. The van der Waals surface area contributed by atoms with Crippen molar-refractivity contribution in [2.24, 2.45) is 11.8 Å². The fourth-order valence-corrected chi connectivity index (χ4v) is 2.67. The maximum Gasteiger partial charge on any atom is 0.309 e. The Hall–Kier alpha value is -0.860. The van der Waals surface area contributed by atoms with Crippen molar-refractivity contribution in [1.29, 1.82) is 0 Å². The van der Waals surface area contributed by atoms with Crippen molar-refractivity contribution in [2.75, 3.05) is 7.11 Å². The first-order valence-electron chi connectivity index (χ1n) is 6.81. The summed E-state index contributed by atoms with van der Waals surface area (Å²) in [6.07, 6.45) is 8.06. The van der Waals surface area contributed by atoms with E-state index >= 15 is 0 Å². The molecule has 0 amide bonds. The average molecular weight is 240 g/mol. The molecule has 1 rings (SSSR count). The Morgan fingerprint density at radius 3 is 2.65 bits per heavy atom. The van der Waals surface area contributed by atoms with E-state index in [0.29, 0.717) is 12.8 Å². The molecule has 0 aromatic heterocycles. The van der Waals surface area contributed by atoms with E-state index in [1.807, 2.05) is 0 Å². The van der Waals surface area contributed by atoms with Crippen LogP contribution in [0.4, 0.5) is 0 Å². The molecule has 0 aromatic carbocycles. The van der Waals surface area contributed by atoms with Crippen LogP contribution in [0.25, 0.3) is 0 Å². The number of hydrogen-bond donors (Lipinski definition) is 0. The normalized spacial score (nSPS) is 24.0. The summed E-state index contributed by atoms with van der Waals surface area (Å²) in [6, 6.07) is 0. The van der Waals surface area contributed by atoms with Gasteiger partial charge in [0.1, 0.15) is 5.78 Å². The van der Waals surface area contributed by atoms with Crippen LogP contribution in [-0.2, 0) is 14.3 Å². The number of methoxy groups -OCH3 is 1. The summed E-state index contributed by atoms with van der Waals surface area (Å²) in [7, 11) is 1.41. The van der Waals surface area contributed by atoms with Crippen LogP contribution in [-0.4, -0.2) is 18.9 Å². The van der Waals surface area contributed by atoms with Gasteiger partial charge in [0.25, 0.3) is 0 Å². The Balaban J connectivity index is 2.33. The Kier molecular flexibility index (Phi) is 6.23. The molecule has 0 N–H and O–H groups in total. The largest absolute Gasteiger partial charge is 0.469 e. The van der Waals surface area contributed by atoms with Crippen LogP contribution in [0.2, 0.25) is 0 Å². The van der Waals surface area contributed by atoms with Gasteiger partial charge in [0.2, 0.25) is 0 Å². The first-order valence-corrected chi connectivity index (χ1v) is 6.81. The molecule has 1 saturated carbocycles. The van der Waals surface area contributed by atoms with E-state index in [2.05, 4.69) is 6.92 Å². The molecule has 0 bridgehead atoms. The molecule has 0 heterocycles. The quantitative estimate of drug-likeness (QED) is 0.507. The number of rotatable bonds is 7. The number of hydrogen-bond acceptors (Lipinski definition) is 3. The van der Waals surface area contributed by atoms with Crippen LogP contribution in [0.15, 0.2) is 0 Å². The van der Waals surface area contributed by atoms with Crippen molar-refractivity contribution in [1.82, 2.24) is 0 Å². The SMILES string of the molecule is CCCCCCCC1C(=O)CCC1C(=O)OC. The van der Waals surface area contributed by atoms with E-state index in [9.17, 15) is 9.59 Å². The van der Waals surface area contributed by atoms with Gasteiger partial charge in [-0.2, -0.15) is 0 Å². The number of esters is 1. The molecule has 98 valence electrons. The molecule has 1 aliphatic carbocycles. The second-order valence-electron chi connectivity index (χ2n) is 4.94. The van der Waals surface area contributed by atoms with Crippen LogP contribution >= 0.6 is 0 Å². The van der Waals surface area contributed by atoms with E-state index in [1.54, 1.807) is 0 Å². The highest BCUT2D eigenvalue weighted by molar-refractivity contribution is 5.90. The number of ether oxygens (including phenoxy) is 1. The van der Waals surface area contributed by atoms with Gasteiger partial charge in [-0.1, -0.05) is 39.0 Å². The molecular formula is C14H24O3. The summed E-state index contributed by atoms with van der Waals surface area (Å²) in [5.41, 5.74) is 0. The van der Waals surface area contributed by atoms with E-state index < -0.39 is 0 Å². The van der Waals surface area contributed by atoms with E-state index in [0.717, 1.165) is 12.8 Å². The zero-order chi connectivity index (χ0) is 12.7. The highest BCUT2D eigenvalue weighted by atomic mass is 16.5. The van der Waals surface area contributed by atoms with Crippen molar-refractivity contribution >= 4 is 11.8 Å². The third kappa shape index (κ3) is 4.14. The lowest BCUT2D eigenvalue weighted by Gasteiger charge is -2.15. The zero-order valence-corrected chi connectivity index (χ0v) is 11.0. The number of carbonyl (C=O) groups excluding carboxylic acids is 2. The molecule has 0 aromatic rings. The van der Waals surface area contributed by atoms with Crippen LogP contribution < -0.4 is 0 Å². The monoisotopic (exact) mass is 240 g/mol. The first-order chi connectivity index (χ1) is 8.20. The number of carbonyl (C=O) groups is 2. The van der Waals surface area contributed by atoms with Crippen LogP contribution in [0.1, 0.15) is 58.3 Å². The fourth-order valence-electron chi connectivity index (χ4n) is 2.67. The summed E-state index contributed by atoms with van der Waals surface area (Å²) in [5.74, 6) is -0.173. The highest BCUT2D eigenvalue weighted by Gasteiger charge is 2.39. The maximum absolute atomic E-state index is 11.7. The average Bonchev–Trinajstić information content (AvgIpc) is 2.70. The number of Topliss-reactive ketones (excluding diaryl/α,β-unsaturated/α-hetero) is 1. The summed E-state index contributed by atoms with van der Waals surface area (Å²) >= 11 is 0. The minimum absolute atomic E-state index is 0.0657. The highest BCUT2D eigenvalue weighted by Crippen LogP contribution is 2.33. The second kappa shape index (κ2) is 7.46. The molecule has 1 fully saturated rings. The molecule has 2 atom stereocenters. The molecule has 3 heteroatoms. The predicted octanol–water partition coefficient (Wildman–Crippen LogP) is 3.12. The van der Waals surface area contributed by atoms with Gasteiger partial charge in [-0.3, -0.25) is 9.59 Å². The third-order valence-corrected chi connectivity index (χ3v) is 3.72. The van der Waals surface area contributed by atoms with E-state index in [1.165, 1.54) is 32.8 Å². The van der Waals surface area contributed by atoms with Crippen LogP contribution in [0.5, 0.6) is 0 Å². The van der Waals surface area contributed by atoms with Gasteiger partial charge < -0.3 is 4.74 Å². The number of ketones is 1. The standard InChI is InChI=1S/C14H24O3/c1-3-4-5-6-7-8-11-12(14(16)17-2)9-10-13(11)15/h11-12H,3-10H2,1-2H3. The molecule has 1 aliphatic rings. The maximum atomic E-state index is 11.7. The summed E-state index contributed by atoms with van der Waals surface area (Å²) in [5, 5.41) is 0. The van der Waals surface area contributed by atoms with Crippen molar-refractivity contribution in [3.63, 3.8) is 0 Å². The third-order valence-electron chi connectivity index (χ3n) is 3.72. The molecular weight excluding hydrogens is 216 g/mol. The van der Waals surface area contributed by atoms with Gasteiger partial charge in [-0.15, -0.1) is 0 Å². The summed E-state index contributed by atoms with van der Waals surface area (Å²) < 4.78 is 4.77. The predicted molar refractivity (Wildman–Crippen MR) is 66.6 cm³/mol. The molecule has 0 saturated heterocycles. The van der Waals surface area contributed by atoms with Gasteiger partial charge in [0.05, 0.1) is 13.0 Å². The van der Waals surface area contributed by atoms with Crippen molar-refractivity contribution in [3.05, 3.63) is 0 Å². The Morgan fingerprint density at radius 2 is 2.00 bits per heavy atom. The van der Waals surface area contributed by atoms with Crippen molar-refractivity contribution < 1.29 is 14.3 Å². The smallest absolute Gasteiger partial charge is 0.309 e. The van der Waals surface area contributed by atoms with Gasteiger partial charge >= 0.3 is 5.97 Å². The van der Waals surface area contributed by atoms with E-state index in [-0.39, 0.29) is 23.6 Å². The second-order valence-corrected chi connectivity index (χ2v) is 4.94. The minimum atomic E-state index is -0.200. The molecule has 0 spiro atoms. The lowest BCUT2D eigenvalue weighted by molar-refractivity contribution is -0.148. The zero-order valence-electron chi connectivity index (χ0n) is 11.0. The van der Waals surface area contributed by atoms with Crippen LogP contribution in [0.3, 0.4) is 0 Å².